The van der Waals surface area contributed by atoms with Crippen LogP contribution in [0.4, 0.5) is 35.4 Å². The quantitative estimate of drug-likeness (QED) is 0.483. The number of alkyl halides is 2. The predicted octanol–water partition coefficient (Wildman–Crippen LogP) is 3.66. The van der Waals surface area contributed by atoms with Crippen molar-refractivity contribution in [3.63, 3.8) is 0 Å². The predicted molar refractivity (Wildman–Crippen MR) is 114 cm³/mol. The Balaban J connectivity index is 1.64. The Hall–Kier alpha value is -3.90. The minimum absolute atomic E-state index is 0.0391. The van der Waals surface area contributed by atoms with Gasteiger partial charge in [-0.2, -0.15) is 5.10 Å². The number of carbonyl (C=O) groups excluding carboxylic acids is 1. The molecule has 0 saturated carbocycles. The van der Waals surface area contributed by atoms with Gasteiger partial charge in [-0.3, -0.25) is 4.68 Å². The van der Waals surface area contributed by atoms with Gasteiger partial charge in [-0.25, -0.2) is 32.9 Å². The molecule has 0 saturated heterocycles. The van der Waals surface area contributed by atoms with E-state index in [1.165, 1.54) is 23.1 Å². The number of halogens is 3. The van der Waals surface area contributed by atoms with E-state index in [4.69, 9.17) is 10.5 Å². The zero-order valence-electron chi connectivity index (χ0n) is 18.1. The summed E-state index contributed by atoms with van der Waals surface area (Å²) in [5.41, 5.74) is 5.56. The van der Waals surface area contributed by atoms with Gasteiger partial charge in [0.05, 0.1) is 12.7 Å². The van der Waals surface area contributed by atoms with Gasteiger partial charge < -0.3 is 21.1 Å². The van der Waals surface area contributed by atoms with E-state index in [9.17, 15) is 18.0 Å². The first-order valence-corrected chi connectivity index (χ1v) is 9.85. The third kappa shape index (κ3) is 6.79. The lowest BCUT2D eigenvalue weighted by atomic mass is 10.1. The lowest BCUT2D eigenvalue weighted by Crippen LogP contribution is -2.34. The van der Waals surface area contributed by atoms with E-state index in [1.54, 1.807) is 27.0 Å². The van der Waals surface area contributed by atoms with Crippen LogP contribution < -0.4 is 16.4 Å². The molecule has 176 valence electrons. The van der Waals surface area contributed by atoms with Crippen LogP contribution in [0.5, 0.6) is 0 Å². The number of rotatable bonds is 7. The largest absolute Gasteiger partial charge is 0.444 e. The van der Waals surface area contributed by atoms with Crippen LogP contribution in [0.3, 0.4) is 0 Å². The first-order valence-electron chi connectivity index (χ1n) is 9.85. The van der Waals surface area contributed by atoms with Gasteiger partial charge in [0.15, 0.2) is 5.82 Å². The van der Waals surface area contributed by atoms with Crippen molar-refractivity contribution in [1.82, 2.24) is 30.0 Å². The van der Waals surface area contributed by atoms with Crippen molar-refractivity contribution >= 4 is 23.5 Å². The van der Waals surface area contributed by atoms with Crippen LogP contribution in [-0.2, 0) is 11.3 Å². The number of nitrogens with two attached hydrogens (primary N) is 1. The Morgan fingerprint density at radius 1 is 1.21 bits per heavy atom. The minimum atomic E-state index is -2.91. The molecule has 0 atom stereocenters. The van der Waals surface area contributed by atoms with Crippen LogP contribution in [0.15, 0.2) is 30.7 Å². The van der Waals surface area contributed by atoms with E-state index in [2.05, 4.69) is 30.7 Å². The van der Waals surface area contributed by atoms with Gasteiger partial charge in [0, 0.05) is 42.2 Å². The topological polar surface area (TPSA) is 133 Å². The van der Waals surface area contributed by atoms with Crippen molar-refractivity contribution in [2.24, 2.45) is 0 Å². The average Bonchev–Trinajstić information content (AvgIpc) is 3.14. The fourth-order valence-corrected chi connectivity index (χ4v) is 2.70. The van der Waals surface area contributed by atoms with E-state index in [-0.39, 0.29) is 29.6 Å². The van der Waals surface area contributed by atoms with Gasteiger partial charge >= 0.3 is 6.09 Å². The van der Waals surface area contributed by atoms with Crippen LogP contribution >= 0.6 is 0 Å². The highest BCUT2D eigenvalue weighted by Gasteiger charge is 2.16. The number of amides is 1. The van der Waals surface area contributed by atoms with E-state index in [1.807, 2.05) is 0 Å². The molecule has 4 N–H and O–H groups in total. The van der Waals surface area contributed by atoms with E-state index >= 15 is 0 Å². The lowest BCUT2D eigenvalue weighted by Gasteiger charge is -2.19. The number of nitrogens with one attached hydrogen (secondary N) is 2. The van der Waals surface area contributed by atoms with Crippen molar-refractivity contribution in [2.45, 2.75) is 39.3 Å². The summed E-state index contributed by atoms with van der Waals surface area (Å²) in [6, 6.07) is 2.33. The van der Waals surface area contributed by atoms with Crippen molar-refractivity contribution in [1.29, 1.82) is 0 Å². The van der Waals surface area contributed by atoms with Crippen molar-refractivity contribution in [2.75, 3.05) is 17.6 Å². The van der Waals surface area contributed by atoms with Crippen LogP contribution in [0.25, 0.3) is 11.1 Å². The number of aromatic nitrogens is 5. The standard InChI is InChI=1S/C20H23F3N8O2/c1-20(2,3)33-19(32)25-4-5-31-10-11(8-27-31)12-9-26-15(6-13(12)21)29-16-7-14(24)28-18(30-16)17(22)23/h6-10,17H,4-5H2,1-3H3,(H,25,32)(H3,24,26,28,29,30). The number of carbonyl (C=O) groups is 1. The minimum Gasteiger partial charge on any atom is -0.444 e. The first-order chi connectivity index (χ1) is 15.5. The fourth-order valence-electron chi connectivity index (χ4n) is 2.70. The molecule has 3 heterocycles. The van der Waals surface area contributed by atoms with Gasteiger partial charge in [-0.05, 0) is 20.8 Å². The highest BCUT2D eigenvalue weighted by atomic mass is 19.3. The van der Waals surface area contributed by atoms with Gasteiger partial charge in [-0.1, -0.05) is 0 Å². The SMILES string of the molecule is CC(C)(C)OC(=O)NCCn1cc(-c2cnc(Nc3cc(N)nc(C(F)F)n3)cc2F)cn1. The zero-order valence-corrected chi connectivity index (χ0v) is 18.1. The number of hydrogen-bond donors (Lipinski definition) is 3. The monoisotopic (exact) mass is 464 g/mol. The third-order valence-corrected chi connectivity index (χ3v) is 4.02. The number of hydrogen-bond acceptors (Lipinski definition) is 8. The van der Waals surface area contributed by atoms with Crippen LogP contribution in [0.2, 0.25) is 0 Å². The molecule has 0 aliphatic rings. The summed E-state index contributed by atoms with van der Waals surface area (Å²) in [6.45, 7) is 5.90. The van der Waals surface area contributed by atoms with Gasteiger partial charge in [0.1, 0.15) is 28.9 Å². The Kier molecular flexibility index (Phi) is 6.99. The number of pyridine rings is 1. The first kappa shape index (κ1) is 23.8. The highest BCUT2D eigenvalue weighted by Crippen LogP contribution is 2.25. The molecule has 0 unspecified atom stereocenters. The van der Waals surface area contributed by atoms with E-state index in [0.717, 1.165) is 6.07 Å². The Morgan fingerprint density at radius 3 is 2.64 bits per heavy atom. The van der Waals surface area contributed by atoms with E-state index in [0.29, 0.717) is 12.1 Å². The Bertz CT molecular complexity index is 1130. The molecule has 1 amide bonds. The molecule has 3 rings (SSSR count). The summed E-state index contributed by atoms with van der Waals surface area (Å²) in [5.74, 6) is -1.52. The molecule has 0 bridgehead atoms. The molecular formula is C20H23F3N8O2. The molecule has 0 spiro atoms. The van der Waals surface area contributed by atoms with Crippen LogP contribution in [0, 0.1) is 5.82 Å². The summed E-state index contributed by atoms with van der Waals surface area (Å²) in [7, 11) is 0. The normalized spacial score (nSPS) is 11.5. The smallest absolute Gasteiger partial charge is 0.407 e. The number of ether oxygens (including phenoxy) is 1. The maximum absolute atomic E-state index is 14.7. The molecule has 0 aromatic carbocycles. The van der Waals surface area contributed by atoms with E-state index < -0.39 is 29.8 Å². The van der Waals surface area contributed by atoms with Crippen LogP contribution in [-0.4, -0.2) is 43.0 Å². The summed E-state index contributed by atoms with van der Waals surface area (Å²) < 4.78 is 47.0. The molecule has 0 fully saturated rings. The number of nitrogens with zero attached hydrogens (tertiary/aromatic N) is 5. The molecule has 3 aromatic heterocycles. The average molecular weight is 464 g/mol. The second-order valence-electron chi connectivity index (χ2n) is 7.93. The van der Waals surface area contributed by atoms with Crippen molar-refractivity contribution < 1.29 is 22.7 Å². The number of alkyl carbamates (subject to hydrolysis) is 1. The highest BCUT2D eigenvalue weighted by molar-refractivity contribution is 5.67. The molecule has 10 nitrogen and oxygen atoms in total. The number of nitrogen functional groups attached to an aromatic ring is 1. The summed E-state index contributed by atoms with van der Waals surface area (Å²) in [4.78, 5) is 22.8. The number of anilines is 3. The second-order valence-corrected chi connectivity index (χ2v) is 7.93. The molecule has 33 heavy (non-hydrogen) atoms. The molecule has 13 heteroatoms. The Labute approximate surface area is 187 Å². The lowest BCUT2D eigenvalue weighted by molar-refractivity contribution is 0.0525. The van der Waals surface area contributed by atoms with Crippen molar-refractivity contribution in [3.05, 3.63) is 42.4 Å². The molecule has 3 aromatic rings. The van der Waals surface area contributed by atoms with Gasteiger partial charge in [-0.15, -0.1) is 0 Å². The van der Waals surface area contributed by atoms with Gasteiger partial charge in [0.25, 0.3) is 6.43 Å². The Morgan fingerprint density at radius 2 is 1.97 bits per heavy atom. The second kappa shape index (κ2) is 9.71. The fraction of sp³-hybridized carbons (Fsp3) is 0.350. The van der Waals surface area contributed by atoms with Gasteiger partial charge in [0.2, 0.25) is 0 Å². The van der Waals surface area contributed by atoms with Crippen molar-refractivity contribution in [3.8, 4) is 11.1 Å². The maximum Gasteiger partial charge on any atom is 0.407 e. The van der Waals surface area contributed by atoms with Crippen LogP contribution in [0.1, 0.15) is 33.0 Å². The summed E-state index contributed by atoms with van der Waals surface area (Å²) >= 11 is 0. The molecular weight excluding hydrogens is 441 g/mol. The molecule has 0 aliphatic carbocycles. The maximum atomic E-state index is 14.7. The summed E-state index contributed by atoms with van der Waals surface area (Å²) in [6.07, 6.45) is 0.887. The zero-order chi connectivity index (χ0) is 24.2. The molecule has 0 radical (unpaired) electrons. The molecule has 0 aliphatic heterocycles. The summed E-state index contributed by atoms with van der Waals surface area (Å²) in [5, 5.41) is 9.39. The third-order valence-electron chi connectivity index (χ3n) is 4.02.